The summed E-state index contributed by atoms with van der Waals surface area (Å²) in [7, 11) is -2.66. The maximum absolute atomic E-state index is 12.3. The van der Waals surface area contributed by atoms with Crippen molar-refractivity contribution in [2.24, 2.45) is 7.05 Å². The lowest BCUT2D eigenvalue weighted by atomic mass is 10.2. The fourth-order valence-electron chi connectivity index (χ4n) is 1.95. The molecule has 2 aromatic rings. The lowest BCUT2D eigenvalue weighted by molar-refractivity contribution is 0.243. The topological polar surface area (TPSA) is 103 Å². The van der Waals surface area contributed by atoms with E-state index < -0.39 is 21.7 Å². The quantitative estimate of drug-likeness (QED) is 0.896. The van der Waals surface area contributed by atoms with E-state index in [9.17, 15) is 18.0 Å². The second-order valence-electron chi connectivity index (χ2n) is 4.79. The van der Waals surface area contributed by atoms with Gasteiger partial charge in [0.25, 0.3) is 10.0 Å². The summed E-state index contributed by atoms with van der Waals surface area (Å²) >= 11 is 0. The molecule has 23 heavy (non-hydrogen) atoms. The van der Waals surface area contributed by atoms with Crippen LogP contribution < -0.4 is 10.4 Å². The third kappa shape index (κ3) is 3.24. The first-order valence-electron chi connectivity index (χ1n) is 6.69. The molecule has 1 aromatic carbocycles. The van der Waals surface area contributed by atoms with Gasteiger partial charge in [-0.2, -0.15) is 0 Å². The molecule has 2 rings (SSSR count). The van der Waals surface area contributed by atoms with Crippen molar-refractivity contribution in [2.45, 2.75) is 18.7 Å². The Morgan fingerprint density at radius 2 is 1.96 bits per heavy atom. The summed E-state index contributed by atoms with van der Waals surface area (Å²) in [6, 6.07) is 5.07. The van der Waals surface area contributed by atoms with Gasteiger partial charge >= 0.3 is 11.7 Å². The molecule has 0 saturated carbocycles. The summed E-state index contributed by atoms with van der Waals surface area (Å²) in [6.45, 7) is 3.34. The van der Waals surface area contributed by atoms with E-state index in [-0.39, 0.29) is 10.7 Å². The highest BCUT2D eigenvalue weighted by atomic mass is 32.2. The van der Waals surface area contributed by atoms with E-state index in [1.165, 1.54) is 19.2 Å². The van der Waals surface area contributed by atoms with E-state index in [1.54, 1.807) is 38.1 Å². The van der Waals surface area contributed by atoms with Crippen molar-refractivity contribution in [3.05, 3.63) is 52.2 Å². The number of carbonyl (C=O) groups excluding carboxylic acids is 1. The number of benzene rings is 1. The monoisotopic (exact) mass is 336 g/mol. The molecule has 0 bridgehead atoms. The van der Waals surface area contributed by atoms with Crippen LogP contribution in [0.4, 0.5) is 4.79 Å². The van der Waals surface area contributed by atoms with E-state index in [1.807, 2.05) is 4.72 Å². The average Bonchev–Trinajstić information content (AvgIpc) is 2.76. The van der Waals surface area contributed by atoms with Crippen molar-refractivity contribution in [1.29, 1.82) is 0 Å². The molecule has 0 aliphatic carbocycles. The minimum absolute atomic E-state index is 0.0361. The fourth-order valence-corrected chi connectivity index (χ4v) is 3.13. The number of carbonyl (C=O) groups is 1. The summed E-state index contributed by atoms with van der Waals surface area (Å²) in [5.74, 6) is 0.237. The summed E-state index contributed by atoms with van der Waals surface area (Å²) in [5, 5.41) is 3.80. The Hall–Kier alpha value is -2.68. The zero-order chi connectivity index (χ0) is 17.2. The molecule has 9 heteroatoms. The third-order valence-corrected chi connectivity index (χ3v) is 4.61. The number of aromatic nitrogens is 3. The molecule has 1 heterocycles. The first-order chi connectivity index (χ1) is 10.8. The number of rotatable bonds is 3. The van der Waals surface area contributed by atoms with Gasteiger partial charge in [0.1, 0.15) is 0 Å². The normalized spacial score (nSPS) is 11.8. The van der Waals surface area contributed by atoms with Gasteiger partial charge < -0.3 is 0 Å². The maximum Gasteiger partial charge on any atom is 0.360 e. The van der Waals surface area contributed by atoms with Gasteiger partial charge in [0.15, 0.2) is 5.82 Å². The predicted molar refractivity (Wildman–Crippen MR) is 84.5 cm³/mol. The van der Waals surface area contributed by atoms with Gasteiger partial charge in [-0.25, -0.2) is 22.7 Å². The van der Waals surface area contributed by atoms with Crippen molar-refractivity contribution in [3.63, 3.8) is 0 Å². The van der Waals surface area contributed by atoms with Gasteiger partial charge in [-0.15, -0.1) is 9.78 Å². The summed E-state index contributed by atoms with van der Waals surface area (Å²) < 4.78 is 28.0. The highest BCUT2D eigenvalue weighted by molar-refractivity contribution is 7.90. The minimum Gasteiger partial charge on any atom is -0.278 e. The number of hydrogen-bond donors (Lipinski definition) is 1. The first-order valence-corrected chi connectivity index (χ1v) is 8.17. The third-order valence-electron chi connectivity index (χ3n) is 3.13. The predicted octanol–water partition coefficient (Wildman–Crippen LogP) is 0.870. The number of allylic oxidation sites excluding steroid dienone is 1. The van der Waals surface area contributed by atoms with Crippen LogP contribution >= 0.6 is 0 Å². The van der Waals surface area contributed by atoms with Crippen molar-refractivity contribution < 1.29 is 13.2 Å². The van der Waals surface area contributed by atoms with Gasteiger partial charge in [0.2, 0.25) is 0 Å². The minimum atomic E-state index is -4.10. The smallest absolute Gasteiger partial charge is 0.278 e. The van der Waals surface area contributed by atoms with Crippen LogP contribution in [-0.2, 0) is 17.1 Å². The van der Waals surface area contributed by atoms with E-state index in [0.29, 0.717) is 10.2 Å². The number of sulfonamides is 1. The zero-order valence-corrected chi connectivity index (χ0v) is 13.7. The Kier molecular flexibility index (Phi) is 4.50. The van der Waals surface area contributed by atoms with Gasteiger partial charge in [-0.1, -0.05) is 24.3 Å². The van der Waals surface area contributed by atoms with E-state index in [4.69, 9.17) is 0 Å². The molecule has 1 aromatic heterocycles. The molecule has 0 saturated heterocycles. The largest absolute Gasteiger partial charge is 0.360 e. The molecule has 0 aliphatic rings. The van der Waals surface area contributed by atoms with Crippen molar-refractivity contribution in [1.82, 2.24) is 19.1 Å². The maximum atomic E-state index is 12.3. The molecule has 0 fully saturated rings. The van der Waals surface area contributed by atoms with Crippen LogP contribution in [0.5, 0.6) is 0 Å². The Labute approximate surface area is 133 Å². The molecule has 1 amide bonds. The first kappa shape index (κ1) is 16.7. The van der Waals surface area contributed by atoms with Crippen LogP contribution in [-0.4, -0.2) is 28.8 Å². The molecule has 0 unspecified atom stereocenters. The molecular weight excluding hydrogens is 320 g/mol. The number of nitrogens with zero attached hydrogens (tertiary/aromatic N) is 3. The lowest BCUT2D eigenvalue weighted by Crippen LogP contribution is -2.40. The molecular formula is C14H16N4O4S. The second-order valence-corrected chi connectivity index (χ2v) is 6.44. The molecule has 0 radical (unpaired) electrons. The van der Waals surface area contributed by atoms with Gasteiger partial charge in [-0.3, -0.25) is 4.57 Å². The van der Waals surface area contributed by atoms with E-state index >= 15 is 0 Å². The zero-order valence-electron chi connectivity index (χ0n) is 12.8. The van der Waals surface area contributed by atoms with Crippen LogP contribution in [0.25, 0.3) is 6.08 Å². The SMILES string of the molecule is C/C=C/c1nn(C(=O)NS(=O)(=O)c2ccccc2C)c(=O)n1C. The lowest BCUT2D eigenvalue weighted by Gasteiger charge is -2.08. The van der Waals surface area contributed by atoms with E-state index in [0.717, 1.165) is 4.57 Å². The number of amides is 1. The van der Waals surface area contributed by atoms with Crippen LogP contribution in [0, 0.1) is 6.92 Å². The highest BCUT2D eigenvalue weighted by Crippen LogP contribution is 2.13. The van der Waals surface area contributed by atoms with Crippen LogP contribution in [0.2, 0.25) is 0 Å². The van der Waals surface area contributed by atoms with Crippen molar-refractivity contribution in [2.75, 3.05) is 0 Å². The van der Waals surface area contributed by atoms with Crippen LogP contribution in [0.15, 0.2) is 40.0 Å². The standard InChI is InChI=1S/C14H16N4O4S/c1-4-7-12-15-18(14(20)17(12)3)13(19)16-23(21,22)11-9-6-5-8-10(11)2/h4-9H,1-3H3,(H,16,19)/b7-4+. The van der Waals surface area contributed by atoms with Crippen molar-refractivity contribution >= 4 is 22.1 Å². The molecule has 0 spiro atoms. The summed E-state index contributed by atoms with van der Waals surface area (Å²) in [6.07, 6.45) is 3.18. The second kappa shape index (κ2) is 6.21. The Bertz CT molecular complexity index is 938. The molecule has 1 N–H and O–H groups in total. The summed E-state index contributed by atoms with van der Waals surface area (Å²) in [4.78, 5) is 24.0. The molecule has 0 atom stereocenters. The van der Waals surface area contributed by atoms with Crippen molar-refractivity contribution in [3.8, 4) is 0 Å². The van der Waals surface area contributed by atoms with Gasteiger partial charge in [-0.05, 0) is 31.6 Å². The summed E-state index contributed by atoms with van der Waals surface area (Å²) in [5.41, 5.74) is -0.258. The number of hydrogen-bond acceptors (Lipinski definition) is 5. The molecule has 8 nitrogen and oxygen atoms in total. The Balaban J connectivity index is 2.38. The average molecular weight is 336 g/mol. The molecule has 0 aliphatic heterocycles. The van der Waals surface area contributed by atoms with Crippen LogP contribution in [0.3, 0.4) is 0 Å². The fraction of sp³-hybridized carbons (Fsp3) is 0.214. The number of nitrogens with one attached hydrogen (secondary N) is 1. The van der Waals surface area contributed by atoms with E-state index in [2.05, 4.69) is 5.10 Å². The van der Waals surface area contributed by atoms with Gasteiger partial charge in [0, 0.05) is 7.05 Å². The highest BCUT2D eigenvalue weighted by Gasteiger charge is 2.23. The van der Waals surface area contributed by atoms with Crippen LogP contribution in [0.1, 0.15) is 18.3 Å². The number of aryl methyl sites for hydroxylation is 1. The molecule has 122 valence electrons. The Morgan fingerprint density at radius 1 is 1.30 bits per heavy atom. The van der Waals surface area contributed by atoms with Gasteiger partial charge in [0.05, 0.1) is 4.90 Å². The Morgan fingerprint density at radius 3 is 2.57 bits per heavy atom.